The van der Waals surface area contributed by atoms with E-state index < -0.39 is 0 Å². The predicted octanol–water partition coefficient (Wildman–Crippen LogP) is 1.13. The Morgan fingerprint density at radius 2 is 1.90 bits per heavy atom. The van der Waals surface area contributed by atoms with Crippen LogP contribution in [-0.2, 0) is 11.2 Å². The van der Waals surface area contributed by atoms with Gasteiger partial charge >= 0.3 is 0 Å². The lowest BCUT2D eigenvalue weighted by molar-refractivity contribution is 0.0398. The minimum Gasteiger partial charge on any atom is -0.379 e. The minimum absolute atomic E-state index is 0.840. The van der Waals surface area contributed by atoms with Gasteiger partial charge < -0.3 is 15.4 Å². The van der Waals surface area contributed by atoms with Gasteiger partial charge in [-0.2, -0.15) is 0 Å². The van der Waals surface area contributed by atoms with Crippen LogP contribution in [-0.4, -0.2) is 61.3 Å². The van der Waals surface area contributed by atoms with Gasteiger partial charge in [0.25, 0.3) is 0 Å². The zero-order chi connectivity index (χ0) is 14.4. The first kappa shape index (κ1) is 15.0. The highest BCUT2D eigenvalue weighted by atomic mass is 16.5. The fourth-order valence-electron chi connectivity index (χ4n) is 2.29. The molecule has 20 heavy (non-hydrogen) atoms. The molecule has 1 aromatic rings. The van der Waals surface area contributed by atoms with E-state index in [9.17, 15) is 0 Å². The molecule has 1 aliphatic heterocycles. The molecule has 6 heteroatoms. The van der Waals surface area contributed by atoms with Gasteiger partial charge in [-0.15, -0.1) is 0 Å². The summed E-state index contributed by atoms with van der Waals surface area (Å²) < 4.78 is 5.35. The maximum Gasteiger partial charge on any atom is 0.134 e. The van der Waals surface area contributed by atoms with E-state index in [2.05, 4.69) is 32.4 Å². The molecule has 112 valence electrons. The van der Waals surface area contributed by atoms with Gasteiger partial charge in [-0.1, -0.05) is 6.92 Å². The summed E-state index contributed by atoms with van der Waals surface area (Å²) in [4.78, 5) is 11.5. The Hall–Kier alpha value is -1.40. The number of aryl methyl sites for hydroxylation is 1. The van der Waals surface area contributed by atoms with Crippen molar-refractivity contribution in [3.05, 3.63) is 11.4 Å². The zero-order valence-electron chi connectivity index (χ0n) is 12.7. The molecule has 0 bridgehead atoms. The Morgan fingerprint density at radius 3 is 2.55 bits per heavy atom. The molecule has 2 rings (SSSR count). The van der Waals surface area contributed by atoms with Crippen LogP contribution in [0.5, 0.6) is 0 Å². The van der Waals surface area contributed by atoms with Crippen LogP contribution in [0, 0.1) is 6.92 Å². The van der Waals surface area contributed by atoms with Gasteiger partial charge in [-0.3, -0.25) is 4.90 Å². The summed E-state index contributed by atoms with van der Waals surface area (Å²) in [7, 11) is 1.90. The molecule has 0 spiro atoms. The second-order valence-electron chi connectivity index (χ2n) is 4.95. The fourth-order valence-corrected chi connectivity index (χ4v) is 2.29. The standard InChI is InChI=1S/C14H25N5O/c1-4-12-17-13(15-3)11(2)14(18-12)16-5-6-19-7-9-20-10-8-19/h4-10H2,1-3H3,(H2,15,16,17,18). The molecule has 0 amide bonds. The molecular weight excluding hydrogens is 254 g/mol. The molecule has 0 atom stereocenters. The third kappa shape index (κ3) is 3.80. The molecule has 1 fully saturated rings. The van der Waals surface area contributed by atoms with Crippen molar-refractivity contribution in [1.29, 1.82) is 0 Å². The maximum absolute atomic E-state index is 5.35. The second kappa shape index (κ2) is 7.40. The molecule has 0 radical (unpaired) electrons. The quantitative estimate of drug-likeness (QED) is 0.814. The maximum atomic E-state index is 5.35. The lowest BCUT2D eigenvalue weighted by Crippen LogP contribution is -2.39. The molecule has 0 unspecified atom stereocenters. The van der Waals surface area contributed by atoms with Gasteiger partial charge in [0.1, 0.15) is 17.5 Å². The summed E-state index contributed by atoms with van der Waals surface area (Å²) in [6.45, 7) is 9.75. The number of hydrogen-bond donors (Lipinski definition) is 2. The van der Waals surface area contributed by atoms with Crippen LogP contribution >= 0.6 is 0 Å². The van der Waals surface area contributed by atoms with E-state index in [0.29, 0.717) is 0 Å². The predicted molar refractivity (Wildman–Crippen MR) is 81.4 cm³/mol. The number of ether oxygens (including phenoxy) is 1. The highest BCUT2D eigenvalue weighted by Crippen LogP contribution is 2.19. The molecule has 1 aliphatic rings. The monoisotopic (exact) mass is 279 g/mol. The van der Waals surface area contributed by atoms with Crippen LogP contribution in [0.15, 0.2) is 0 Å². The molecule has 0 aliphatic carbocycles. The number of nitrogens with one attached hydrogen (secondary N) is 2. The Bertz CT molecular complexity index is 432. The summed E-state index contributed by atoms with van der Waals surface area (Å²) in [6.07, 6.45) is 0.840. The first-order valence-electron chi connectivity index (χ1n) is 7.33. The number of morpholine rings is 1. The number of aromatic nitrogens is 2. The van der Waals surface area contributed by atoms with Gasteiger partial charge in [0.2, 0.25) is 0 Å². The normalized spacial score (nSPS) is 16.1. The first-order chi connectivity index (χ1) is 9.74. The Kier molecular flexibility index (Phi) is 5.55. The van der Waals surface area contributed by atoms with E-state index >= 15 is 0 Å². The second-order valence-corrected chi connectivity index (χ2v) is 4.95. The van der Waals surface area contributed by atoms with E-state index in [1.165, 1.54) is 0 Å². The molecule has 0 aromatic carbocycles. The average molecular weight is 279 g/mol. The fraction of sp³-hybridized carbons (Fsp3) is 0.714. The summed E-state index contributed by atoms with van der Waals surface area (Å²) in [5, 5.41) is 6.57. The van der Waals surface area contributed by atoms with Crippen molar-refractivity contribution in [3.63, 3.8) is 0 Å². The lowest BCUT2D eigenvalue weighted by Gasteiger charge is -2.26. The number of hydrogen-bond acceptors (Lipinski definition) is 6. The largest absolute Gasteiger partial charge is 0.379 e. The first-order valence-corrected chi connectivity index (χ1v) is 7.33. The van der Waals surface area contributed by atoms with E-state index in [-0.39, 0.29) is 0 Å². The summed E-state index contributed by atoms with van der Waals surface area (Å²) >= 11 is 0. The minimum atomic E-state index is 0.840. The van der Waals surface area contributed by atoms with Crippen molar-refractivity contribution in [2.45, 2.75) is 20.3 Å². The van der Waals surface area contributed by atoms with E-state index in [1.54, 1.807) is 0 Å². The van der Waals surface area contributed by atoms with E-state index in [4.69, 9.17) is 4.74 Å². The van der Waals surface area contributed by atoms with Crippen molar-refractivity contribution in [3.8, 4) is 0 Å². The number of nitrogens with zero attached hydrogens (tertiary/aromatic N) is 3. The Balaban J connectivity index is 1.94. The van der Waals surface area contributed by atoms with Gasteiger partial charge in [-0.25, -0.2) is 9.97 Å². The number of anilines is 2. The van der Waals surface area contributed by atoms with Gasteiger partial charge in [-0.05, 0) is 6.92 Å². The van der Waals surface area contributed by atoms with Crippen molar-refractivity contribution in [2.24, 2.45) is 0 Å². The topological polar surface area (TPSA) is 62.3 Å². The summed E-state index contributed by atoms with van der Waals surface area (Å²) in [5.41, 5.74) is 1.08. The van der Waals surface area contributed by atoms with Crippen molar-refractivity contribution in [1.82, 2.24) is 14.9 Å². The highest BCUT2D eigenvalue weighted by molar-refractivity contribution is 5.56. The molecule has 2 heterocycles. The smallest absolute Gasteiger partial charge is 0.134 e. The van der Waals surface area contributed by atoms with Crippen molar-refractivity contribution in [2.75, 3.05) is 57.1 Å². The van der Waals surface area contributed by atoms with E-state index in [0.717, 1.165) is 68.8 Å². The van der Waals surface area contributed by atoms with Gasteiger partial charge in [0.05, 0.1) is 13.2 Å². The third-order valence-electron chi connectivity index (χ3n) is 3.57. The molecular formula is C14H25N5O. The average Bonchev–Trinajstić information content (AvgIpc) is 2.50. The van der Waals surface area contributed by atoms with Crippen LogP contribution in [0.4, 0.5) is 11.6 Å². The molecule has 1 aromatic heterocycles. The van der Waals surface area contributed by atoms with Gasteiger partial charge in [0.15, 0.2) is 0 Å². The molecule has 6 nitrogen and oxygen atoms in total. The molecule has 1 saturated heterocycles. The molecule has 2 N–H and O–H groups in total. The highest BCUT2D eigenvalue weighted by Gasteiger charge is 2.11. The van der Waals surface area contributed by atoms with Crippen LogP contribution in [0.2, 0.25) is 0 Å². The summed E-state index contributed by atoms with van der Waals surface area (Å²) in [5.74, 6) is 2.72. The lowest BCUT2D eigenvalue weighted by atomic mass is 10.3. The summed E-state index contributed by atoms with van der Waals surface area (Å²) in [6, 6.07) is 0. The van der Waals surface area contributed by atoms with Crippen LogP contribution in [0.3, 0.4) is 0 Å². The Labute approximate surface area is 120 Å². The van der Waals surface area contributed by atoms with Gasteiger partial charge in [0, 0.05) is 45.2 Å². The van der Waals surface area contributed by atoms with Crippen molar-refractivity contribution >= 4 is 11.6 Å². The SMILES string of the molecule is CCc1nc(NC)c(C)c(NCCN2CCOCC2)n1. The van der Waals surface area contributed by atoms with Crippen LogP contribution in [0.25, 0.3) is 0 Å². The van der Waals surface area contributed by atoms with Crippen LogP contribution in [0.1, 0.15) is 18.3 Å². The van der Waals surface area contributed by atoms with Crippen LogP contribution < -0.4 is 10.6 Å². The molecule has 0 saturated carbocycles. The third-order valence-corrected chi connectivity index (χ3v) is 3.57. The Morgan fingerprint density at radius 1 is 1.20 bits per heavy atom. The number of rotatable bonds is 6. The van der Waals surface area contributed by atoms with Crippen molar-refractivity contribution < 1.29 is 4.74 Å². The van der Waals surface area contributed by atoms with E-state index in [1.807, 2.05) is 14.0 Å². The zero-order valence-corrected chi connectivity index (χ0v) is 12.7.